The molecular weight excluding hydrogens is 380 g/mol. The summed E-state index contributed by atoms with van der Waals surface area (Å²) < 4.78 is 5.88. The van der Waals surface area contributed by atoms with Crippen molar-refractivity contribution in [3.63, 3.8) is 0 Å². The number of benzene rings is 2. The molecule has 0 fully saturated rings. The molecule has 0 spiro atoms. The van der Waals surface area contributed by atoms with Crippen molar-refractivity contribution < 1.29 is 14.3 Å². The van der Waals surface area contributed by atoms with Crippen LogP contribution in [0.25, 0.3) is 22.4 Å². The van der Waals surface area contributed by atoms with Crippen molar-refractivity contribution in [2.24, 2.45) is 0 Å². The van der Waals surface area contributed by atoms with Crippen LogP contribution in [-0.4, -0.2) is 34.1 Å². The second-order valence-corrected chi connectivity index (χ2v) is 6.92. The van der Waals surface area contributed by atoms with E-state index in [0.717, 1.165) is 28.6 Å². The number of furan rings is 1. The van der Waals surface area contributed by atoms with E-state index in [0.29, 0.717) is 29.3 Å². The van der Waals surface area contributed by atoms with Crippen molar-refractivity contribution >= 4 is 22.7 Å². The van der Waals surface area contributed by atoms with Crippen molar-refractivity contribution in [1.29, 1.82) is 0 Å². The number of anilines is 1. The lowest BCUT2D eigenvalue weighted by molar-refractivity contribution is 0.0945. The Balaban J connectivity index is 1.46. The highest BCUT2D eigenvalue weighted by atomic mass is 16.3. The lowest BCUT2D eigenvalue weighted by Gasteiger charge is -2.07. The Kier molecular flexibility index (Phi) is 5.72. The molecule has 0 bridgehead atoms. The fourth-order valence-electron chi connectivity index (χ4n) is 3.20. The summed E-state index contributed by atoms with van der Waals surface area (Å²) in [5.74, 6) is 0.729. The first kappa shape index (κ1) is 19.6. The highest BCUT2D eigenvalue weighted by Gasteiger charge is 2.13. The third kappa shape index (κ3) is 4.31. The third-order valence-electron chi connectivity index (χ3n) is 4.79. The molecule has 4 aromatic rings. The molecule has 0 aliphatic heterocycles. The summed E-state index contributed by atoms with van der Waals surface area (Å²) in [4.78, 5) is 20.9. The molecule has 2 aromatic heterocycles. The predicted molar refractivity (Wildman–Crippen MR) is 115 cm³/mol. The van der Waals surface area contributed by atoms with Crippen LogP contribution in [0.15, 0.2) is 65.2 Å². The molecule has 152 valence electrons. The standard InChI is InChI=1S/C23H22N4O3/c24-22-21(20-13-17-3-1-2-4-19(17)30-20)27-18(14-26-22)10-7-15-5-8-16(9-6-15)23(29)25-11-12-28/h1-6,8-9,13-14,28H,7,10-12H2,(H2,24,26)(H,25,29). The summed E-state index contributed by atoms with van der Waals surface area (Å²) in [6.07, 6.45) is 3.10. The van der Waals surface area contributed by atoms with Gasteiger partial charge in [0.1, 0.15) is 11.3 Å². The molecule has 0 atom stereocenters. The summed E-state index contributed by atoms with van der Waals surface area (Å²) in [5.41, 5.74) is 9.82. The van der Waals surface area contributed by atoms with Crippen LogP contribution >= 0.6 is 0 Å². The van der Waals surface area contributed by atoms with E-state index in [1.807, 2.05) is 42.5 Å². The van der Waals surface area contributed by atoms with E-state index in [4.69, 9.17) is 15.3 Å². The molecule has 0 aliphatic carbocycles. The maximum absolute atomic E-state index is 11.9. The van der Waals surface area contributed by atoms with Gasteiger partial charge in [-0.1, -0.05) is 30.3 Å². The minimum Gasteiger partial charge on any atom is -0.454 e. The van der Waals surface area contributed by atoms with Gasteiger partial charge in [0.05, 0.1) is 18.5 Å². The van der Waals surface area contributed by atoms with E-state index in [9.17, 15) is 4.79 Å². The number of nitrogens with two attached hydrogens (primary N) is 1. The number of rotatable bonds is 7. The average Bonchev–Trinajstić information content (AvgIpc) is 3.21. The van der Waals surface area contributed by atoms with Crippen LogP contribution < -0.4 is 11.1 Å². The second-order valence-electron chi connectivity index (χ2n) is 6.92. The highest BCUT2D eigenvalue weighted by molar-refractivity contribution is 5.94. The fraction of sp³-hybridized carbons (Fsp3) is 0.174. The number of para-hydroxylation sites is 1. The van der Waals surface area contributed by atoms with Crippen LogP contribution in [0.1, 0.15) is 21.6 Å². The molecule has 2 aromatic carbocycles. The van der Waals surface area contributed by atoms with Crippen LogP contribution in [0.3, 0.4) is 0 Å². The topological polar surface area (TPSA) is 114 Å². The van der Waals surface area contributed by atoms with E-state index in [1.165, 1.54) is 0 Å². The van der Waals surface area contributed by atoms with Crippen molar-refractivity contribution in [3.8, 4) is 11.5 Å². The van der Waals surface area contributed by atoms with Gasteiger partial charge in [-0.2, -0.15) is 0 Å². The van der Waals surface area contributed by atoms with Crippen LogP contribution in [0, 0.1) is 0 Å². The molecule has 4 N–H and O–H groups in total. The zero-order valence-corrected chi connectivity index (χ0v) is 16.3. The van der Waals surface area contributed by atoms with Crippen LogP contribution in [0.5, 0.6) is 0 Å². The van der Waals surface area contributed by atoms with Gasteiger partial charge in [-0.25, -0.2) is 9.97 Å². The normalized spacial score (nSPS) is 11.0. The van der Waals surface area contributed by atoms with Gasteiger partial charge in [0, 0.05) is 17.5 Å². The number of nitrogens with zero attached hydrogens (tertiary/aromatic N) is 2. The number of amides is 1. The van der Waals surface area contributed by atoms with Gasteiger partial charge in [0.25, 0.3) is 5.91 Å². The first-order chi connectivity index (χ1) is 14.6. The second kappa shape index (κ2) is 8.75. The molecule has 4 rings (SSSR count). The fourth-order valence-corrected chi connectivity index (χ4v) is 3.20. The van der Waals surface area contributed by atoms with Gasteiger partial charge in [0.15, 0.2) is 11.6 Å². The number of hydrogen-bond donors (Lipinski definition) is 3. The van der Waals surface area contributed by atoms with Gasteiger partial charge < -0.3 is 20.6 Å². The number of aryl methyl sites for hydroxylation is 2. The maximum atomic E-state index is 11.9. The zero-order chi connectivity index (χ0) is 20.9. The number of hydrogen-bond acceptors (Lipinski definition) is 6. The Bertz CT molecular complexity index is 1140. The van der Waals surface area contributed by atoms with Crippen molar-refractivity contribution in [2.75, 3.05) is 18.9 Å². The summed E-state index contributed by atoms with van der Waals surface area (Å²) in [6, 6.07) is 17.0. The summed E-state index contributed by atoms with van der Waals surface area (Å²) >= 11 is 0. The smallest absolute Gasteiger partial charge is 0.251 e. The van der Waals surface area contributed by atoms with Gasteiger partial charge in [0.2, 0.25) is 0 Å². The summed E-state index contributed by atoms with van der Waals surface area (Å²) in [6.45, 7) is 0.159. The summed E-state index contributed by atoms with van der Waals surface area (Å²) in [5, 5.41) is 12.4. The maximum Gasteiger partial charge on any atom is 0.251 e. The molecular formula is C23H22N4O3. The largest absolute Gasteiger partial charge is 0.454 e. The van der Waals surface area contributed by atoms with Gasteiger partial charge >= 0.3 is 0 Å². The Morgan fingerprint density at radius 1 is 1.10 bits per heavy atom. The van der Waals surface area contributed by atoms with E-state index in [2.05, 4.69) is 15.3 Å². The Morgan fingerprint density at radius 2 is 1.90 bits per heavy atom. The number of carbonyl (C=O) groups excluding carboxylic acids is 1. The lowest BCUT2D eigenvalue weighted by Crippen LogP contribution is -2.26. The van der Waals surface area contributed by atoms with Gasteiger partial charge in [-0.15, -0.1) is 0 Å². The van der Waals surface area contributed by atoms with Crippen molar-refractivity contribution in [2.45, 2.75) is 12.8 Å². The van der Waals surface area contributed by atoms with E-state index in [1.54, 1.807) is 18.3 Å². The molecule has 7 heteroatoms. The SMILES string of the molecule is Nc1ncc(CCc2ccc(C(=O)NCCO)cc2)nc1-c1cc2ccccc2o1. The Labute approximate surface area is 173 Å². The van der Waals surface area contributed by atoms with Gasteiger partial charge in [-0.3, -0.25) is 4.79 Å². The minimum absolute atomic E-state index is 0.0809. The van der Waals surface area contributed by atoms with E-state index >= 15 is 0 Å². The van der Waals surface area contributed by atoms with Crippen LogP contribution in [0.2, 0.25) is 0 Å². The monoisotopic (exact) mass is 402 g/mol. The first-order valence-electron chi connectivity index (χ1n) is 9.72. The lowest BCUT2D eigenvalue weighted by atomic mass is 10.1. The highest BCUT2D eigenvalue weighted by Crippen LogP contribution is 2.29. The molecule has 0 saturated carbocycles. The van der Waals surface area contributed by atoms with Gasteiger partial charge in [-0.05, 0) is 42.7 Å². The van der Waals surface area contributed by atoms with Crippen molar-refractivity contribution in [1.82, 2.24) is 15.3 Å². The Hall–Kier alpha value is -3.71. The molecule has 0 unspecified atom stereocenters. The van der Waals surface area contributed by atoms with Crippen molar-refractivity contribution in [3.05, 3.63) is 77.6 Å². The molecule has 0 saturated heterocycles. The third-order valence-corrected chi connectivity index (χ3v) is 4.79. The first-order valence-corrected chi connectivity index (χ1v) is 9.72. The molecule has 2 heterocycles. The number of fused-ring (bicyclic) bond motifs is 1. The summed E-state index contributed by atoms with van der Waals surface area (Å²) in [7, 11) is 0. The number of aromatic nitrogens is 2. The number of nitrogen functional groups attached to an aromatic ring is 1. The number of aliphatic hydroxyl groups is 1. The van der Waals surface area contributed by atoms with E-state index < -0.39 is 0 Å². The molecule has 1 amide bonds. The Morgan fingerprint density at radius 3 is 2.67 bits per heavy atom. The predicted octanol–water partition coefficient (Wildman–Crippen LogP) is 2.98. The average molecular weight is 402 g/mol. The molecule has 0 radical (unpaired) electrons. The quantitative estimate of drug-likeness (QED) is 0.438. The molecule has 0 aliphatic rings. The number of nitrogens with one attached hydrogen (secondary N) is 1. The van der Waals surface area contributed by atoms with E-state index in [-0.39, 0.29) is 19.1 Å². The zero-order valence-electron chi connectivity index (χ0n) is 16.3. The molecule has 7 nitrogen and oxygen atoms in total. The van der Waals surface area contributed by atoms with Crippen LogP contribution in [-0.2, 0) is 12.8 Å². The van der Waals surface area contributed by atoms with Crippen LogP contribution in [0.4, 0.5) is 5.82 Å². The number of aliphatic hydroxyl groups excluding tert-OH is 1. The molecule has 30 heavy (non-hydrogen) atoms. The minimum atomic E-state index is -0.199. The number of carbonyl (C=O) groups is 1.